The summed E-state index contributed by atoms with van der Waals surface area (Å²) in [6.07, 6.45) is 3.24. The molecule has 3 nitrogen and oxygen atoms in total. The van der Waals surface area contributed by atoms with Gasteiger partial charge >= 0.3 is 0 Å². The number of nitrogens with one attached hydrogen (secondary N) is 1. The first-order valence-corrected chi connectivity index (χ1v) is 7.15. The average Bonchev–Trinajstić information content (AvgIpc) is 2.48. The maximum Gasteiger partial charge on any atom is 0.248 e. The van der Waals surface area contributed by atoms with Gasteiger partial charge in [-0.2, -0.15) is 0 Å². The van der Waals surface area contributed by atoms with E-state index in [2.05, 4.69) is 27.9 Å². The van der Waals surface area contributed by atoms with E-state index in [1.165, 1.54) is 6.08 Å². The van der Waals surface area contributed by atoms with E-state index in [0.717, 1.165) is 20.6 Å². The van der Waals surface area contributed by atoms with Crippen molar-refractivity contribution in [2.24, 2.45) is 0 Å². The smallest absolute Gasteiger partial charge is 0.248 e. The first kappa shape index (κ1) is 14.6. The van der Waals surface area contributed by atoms with Crippen molar-refractivity contribution in [2.75, 3.05) is 12.4 Å². The predicted molar refractivity (Wildman–Crippen MR) is 89.8 cm³/mol. The fourth-order valence-corrected chi connectivity index (χ4v) is 2.23. The van der Waals surface area contributed by atoms with Crippen LogP contribution in [0.4, 0.5) is 5.69 Å². The Morgan fingerprint density at radius 3 is 2.60 bits per heavy atom. The lowest BCUT2D eigenvalue weighted by Gasteiger charge is -2.05. The van der Waals surface area contributed by atoms with Gasteiger partial charge in [0.15, 0.2) is 0 Å². The summed E-state index contributed by atoms with van der Waals surface area (Å²) in [5, 5.41) is 2.84. The van der Waals surface area contributed by atoms with Crippen molar-refractivity contribution in [3.63, 3.8) is 0 Å². The molecule has 4 heteroatoms. The van der Waals surface area contributed by atoms with Gasteiger partial charge in [0.25, 0.3) is 0 Å². The monoisotopic (exact) mass is 379 g/mol. The summed E-state index contributed by atoms with van der Waals surface area (Å²) in [6.45, 7) is 0. The number of ether oxygens (including phenoxy) is 1. The Labute approximate surface area is 131 Å². The number of hydrogen-bond donors (Lipinski definition) is 1. The second-order valence-electron chi connectivity index (χ2n) is 4.04. The van der Waals surface area contributed by atoms with Crippen LogP contribution in [0.5, 0.6) is 5.75 Å². The van der Waals surface area contributed by atoms with Crippen LogP contribution in [0.3, 0.4) is 0 Å². The van der Waals surface area contributed by atoms with Crippen molar-refractivity contribution < 1.29 is 9.53 Å². The van der Waals surface area contributed by atoms with Crippen LogP contribution in [-0.2, 0) is 4.79 Å². The van der Waals surface area contributed by atoms with Gasteiger partial charge < -0.3 is 10.1 Å². The number of hydrogen-bond acceptors (Lipinski definition) is 2. The van der Waals surface area contributed by atoms with Crippen LogP contribution in [0.2, 0.25) is 0 Å². The van der Waals surface area contributed by atoms with E-state index in [-0.39, 0.29) is 5.91 Å². The predicted octanol–water partition coefficient (Wildman–Crippen LogP) is 3.95. The standard InChI is InChI=1S/C16H14INO2/c1-20-15-9-5-2-6-12(15)10-11-16(19)18-14-8-4-3-7-13(14)17/h2-11H,1H3,(H,18,19)/b11-10+. The lowest BCUT2D eigenvalue weighted by atomic mass is 10.2. The molecule has 0 spiro atoms. The number of halogens is 1. The maximum atomic E-state index is 11.9. The van der Waals surface area contributed by atoms with Gasteiger partial charge in [0.2, 0.25) is 5.91 Å². The molecule has 2 rings (SSSR count). The molecule has 0 aliphatic heterocycles. The minimum Gasteiger partial charge on any atom is -0.496 e. The molecular weight excluding hydrogens is 365 g/mol. The minimum atomic E-state index is -0.167. The Balaban J connectivity index is 2.08. The lowest BCUT2D eigenvalue weighted by molar-refractivity contribution is -0.111. The van der Waals surface area contributed by atoms with Crippen LogP contribution in [0, 0.1) is 3.57 Å². The summed E-state index contributed by atoms with van der Waals surface area (Å²) >= 11 is 2.19. The van der Waals surface area contributed by atoms with Gasteiger partial charge in [0.05, 0.1) is 12.8 Å². The molecule has 0 unspecified atom stereocenters. The van der Waals surface area contributed by atoms with Crippen LogP contribution in [-0.4, -0.2) is 13.0 Å². The fraction of sp³-hybridized carbons (Fsp3) is 0.0625. The normalized spacial score (nSPS) is 10.5. The third-order valence-electron chi connectivity index (χ3n) is 2.68. The second kappa shape index (κ2) is 7.09. The van der Waals surface area contributed by atoms with Crippen molar-refractivity contribution in [1.29, 1.82) is 0 Å². The molecule has 20 heavy (non-hydrogen) atoms. The molecule has 0 aliphatic rings. The zero-order valence-electron chi connectivity index (χ0n) is 11.0. The number of para-hydroxylation sites is 2. The third-order valence-corrected chi connectivity index (χ3v) is 3.63. The van der Waals surface area contributed by atoms with E-state index in [0.29, 0.717) is 0 Å². The maximum absolute atomic E-state index is 11.9. The number of carbonyl (C=O) groups is 1. The molecule has 102 valence electrons. The Hall–Kier alpha value is -1.82. The van der Waals surface area contributed by atoms with Gasteiger partial charge in [-0.25, -0.2) is 0 Å². The van der Waals surface area contributed by atoms with Gasteiger partial charge in [-0.1, -0.05) is 30.3 Å². The van der Waals surface area contributed by atoms with Crippen molar-refractivity contribution in [3.05, 3.63) is 63.7 Å². The molecule has 0 aliphatic carbocycles. The van der Waals surface area contributed by atoms with Gasteiger partial charge in [0.1, 0.15) is 5.75 Å². The molecule has 1 N–H and O–H groups in total. The molecule has 0 radical (unpaired) electrons. The highest BCUT2D eigenvalue weighted by atomic mass is 127. The summed E-state index contributed by atoms with van der Waals surface area (Å²) in [7, 11) is 1.61. The Bertz CT molecular complexity index is 638. The third kappa shape index (κ3) is 3.84. The topological polar surface area (TPSA) is 38.3 Å². The molecular formula is C16H14INO2. The molecule has 0 saturated heterocycles. The molecule has 0 aromatic heterocycles. The Morgan fingerprint density at radius 1 is 1.15 bits per heavy atom. The number of carbonyl (C=O) groups excluding carboxylic acids is 1. The molecule has 2 aromatic carbocycles. The summed E-state index contributed by atoms with van der Waals surface area (Å²) in [5.41, 5.74) is 1.68. The van der Waals surface area contributed by atoms with Crippen molar-refractivity contribution in [2.45, 2.75) is 0 Å². The van der Waals surface area contributed by atoms with E-state index < -0.39 is 0 Å². The number of amides is 1. The first-order chi connectivity index (χ1) is 9.70. The molecule has 0 atom stereocenters. The van der Waals surface area contributed by atoms with Gasteiger partial charge in [-0.05, 0) is 46.9 Å². The van der Waals surface area contributed by atoms with Gasteiger partial charge in [0, 0.05) is 15.2 Å². The molecule has 1 amide bonds. The summed E-state index contributed by atoms with van der Waals surface area (Å²) < 4.78 is 6.23. The van der Waals surface area contributed by atoms with E-state index in [1.54, 1.807) is 13.2 Å². The summed E-state index contributed by atoms with van der Waals surface area (Å²) in [6, 6.07) is 15.2. The van der Waals surface area contributed by atoms with E-state index in [9.17, 15) is 4.79 Å². The van der Waals surface area contributed by atoms with Crippen molar-refractivity contribution in [1.82, 2.24) is 0 Å². The largest absolute Gasteiger partial charge is 0.496 e. The minimum absolute atomic E-state index is 0.167. The van der Waals surface area contributed by atoms with Crippen LogP contribution >= 0.6 is 22.6 Å². The first-order valence-electron chi connectivity index (χ1n) is 6.07. The highest BCUT2D eigenvalue weighted by Crippen LogP contribution is 2.19. The van der Waals surface area contributed by atoms with E-state index in [1.807, 2.05) is 48.5 Å². The van der Waals surface area contributed by atoms with Crippen LogP contribution in [0.1, 0.15) is 5.56 Å². The zero-order chi connectivity index (χ0) is 14.4. The quantitative estimate of drug-likeness (QED) is 0.646. The van der Waals surface area contributed by atoms with Crippen molar-refractivity contribution in [3.8, 4) is 5.75 Å². The van der Waals surface area contributed by atoms with E-state index in [4.69, 9.17) is 4.74 Å². The number of rotatable bonds is 4. The Morgan fingerprint density at radius 2 is 1.85 bits per heavy atom. The van der Waals surface area contributed by atoms with Gasteiger partial charge in [-0.15, -0.1) is 0 Å². The van der Waals surface area contributed by atoms with Crippen molar-refractivity contribution >= 4 is 40.3 Å². The molecule has 2 aromatic rings. The van der Waals surface area contributed by atoms with Crippen LogP contribution < -0.4 is 10.1 Å². The number of benzene rings is 2. The lowest BCUT2D eigenvalue weighted by Crippen LogP contribution is -2.08. The Kier molecular flexibility index (Phi) is 5.17. The highest BCUT2D eigenvalue weighted by molar-refractivity contribution is 14.1. The second-order valence-corrected chi connectivity index (χ2v) is 5.21. The summed E-state index contributed by atoms with van der Waals surface area (Å²) in [5.74, 6) is 0.575. The fourth-order valence-electron chi connectivity index (χ4n) is 1.71. The molecule has 0 heterocycles. The molecule has 0 fully saturated rings. The highest BCUT2D eigenvalue weighted by Gasteiger charge is 2.02. The van der Waals surface area contributed by atoms with E-state index >= 15 is 0 Å². The van der Waals surface area contributed by atoms with Gasteiger partial charge in [-0.3, -0.25) is 4.79 Å². The molecule has 0 saturated carbocycles. The number of methoxy groups -OCH3 is 1. The number of anilines is 1. The molecule has 0 bridgehead atoms. The van der Waals surface area contributed by atoms with Crippen LogP contribution in [0.25, 0.3) is 6.08 Å². The SMILES string of the molecule is COc1ccccc1/C=C/C(=O)Nc1ccccc1I. The average molecular weight is 379 g/mol. The van der Waals surface area contributed by atoms with Crippen LogP contribution in [0.15, 0.2) is 54.6 Å². The zero-order valence-corrected chi connectivity index (χ0v) is 13.1. The summed E-state index contributed by atoms with van der Waals surface area (Å²) in [4.78, 5) is 11.9.